The summed E-state index contributed by atoms with van der Waals surface area (Å²) < 4.78 is 5.19. The van der Waals surface area contributed by atoms with Crippen molar-refractivity contribution in [3.63, 3.8) is 0 Å². The lowest BCUT2D eigenvalue weighted by atomic mass is 10.4. The van der Waals surface area contributed by atoms with Crippen LogP contribution >= 0.6 is 0 Å². The highest BCUT2D eigenvalue weighted by Gasteiger charge is 2.14. The predicted octanol–water partition coefficient (Wildman–Crippen LogP) is 0.365. The van der Waals surface area contributed by atoms with Gasteiger partial charge in [0.25, 0.3) is 0 Å². The van der Waals surface area contributed by atoms with Crippen LogP contribution in [0, 0.1) is 0 Å². The van der Waals surface area contributed by atoms with E-state index in [2.05, 4.69) is 23.5 Å². The van der Waals surface area contributed by atoms with Crippen LogP contribution in [0.3, 0.4) is 0 Å². The molecule has 0 aromatic rings. The molecule has 1 atom stereocenters. The molecule has 0 spiro atoms. The van der Waals surface area contributed by atoms with Gasteiger partial charge in [0, 0.05) is 13.1 Å². The Labute approximate surface area is 61.7 Å². The molecule has 1 saturated heterocycles. The monoisotopic (exact) mass is 142 g/mol. The van der Waals surface area contributed by atoms with Crippen LogP contribution in [0.2, 0.25) is 0 Å². The molecule has 0 amide bonds. The van der Waals surface area contributed by atoms with E-state index in [1.165, 1.54) is 0 Å². The topological polar surface area (TPSA) is 24.8 Å². The molecule has 1 heterocycles. The predicted molar refractivity (Wildman–Crippen MR) is 41.4 cm³/mol. The van der Waals surface area contributed by atoms with Crippen LogP contribution < -0.4 is 0 Å². The first kappa shape index (κ1) is 7.69. The van der Waals surface area contributed by atoms with Crippen molar-refractivity contribution in [3.05, 3.63) is 0 Å². The van der Waals surface area contributed by atoms with Crippen molar-refractivity contribution in [3.8, 4) is 0 Å². The highest BCUT2D eigenvalue weighted by molar-refractivity contribution is 5.23. The van der Waals surface area contributed by atoms with E-state index in [0.717, 1.165) is 26.3 Å². The minimum atomic E-state index is 0.254. The summed E-state index contributed by atoms with van der Waals surface area (Å²) >= 11 is 0. The van der Waals surface area contributed by atoms with Gasteiger partial charge in [-0.25, -0.2) is 0 Å². The van der Waals surface area contributed by atoms with Crippen molar-refractivity contribution >= 4 is 6.72 Å². The van der Waals surface area contributed by atoms with Crippen molar-refractivity contribution in [2.75, 3.05) is 26.3 Å². The minimum absolute atomic E-state index is 0.254. The lowest BCUT2D eigenvalue weighted by molar-refractivity contribution is 0.0222. The van der Waals surface area contributed by atoms with E-state index in [9.17, 15) is 0 Å². The zero-order valence-electron chi connectivity index (χ0n) is 6.42. The molecule has 1 aliphatic heterocycles. The Morgan fingerprint density at radius 2 is 2.10 bits per heavy atom. The molecule has 0 saturated carbocycles. The number of aliphatic imine (C=N–C) groups is 1. The second-order valence-corrected chi connectivity index (χ2v) is 2.46. The molecule has 0 aliphatic carbocycles. The van der Waals surface area contributed by atoms with Crippen molar-refractivity contribution in [2.24, 2.45) is 4.99 Å². The van der Waals surface area contributed by atoms with Gasteiger partial charge < -0.3 is 4.74 Å². The molecule has 0 radical (unpaired) electrons. The fourth-order valence-electron chi connectivity index (χ4n) is 1.07. The largest absolute Gasteiger partial charge is 0.379 e. The van der Waals surface area contributed by atoms with Gasteiger partial charge in [-0.05, 0) is 13.6 Å². The molecule has 58 valence electrons. The molecule has 0 aromatic carbocycles. The van der Waals surface area contributed by atoms with Gasteiger partial charge >= 0.3 is 0 Å². The van der Waals surface area contributed by atoms with Gasteiger partial charge in [-0.2, -0.15) is 0 Å². The van der Waals surface area contributed by atoms with Gasteiger partial charge in [0.2, 0.25) is 0 Å². The number of nitrogens with zero attached hydrogens (tertiary/aromatic N) is 2. The minimum Gasteiger partial charge on any atom is -0.379 e. The average molecular weight is 142 g/mol. The van der Waals surface area contributed by atoms with Gasteiger partial charge in [0.15, 0.2) is 0 Å². The Morgan fingerprint density at radius 1 is 1.50 bits per heavy atom. The van der Waals surface area contributed by atoms with Gasteiger partial charge in [-0.1, -0.05) is 0 Å². The smallest absolute Gasteiger partial charge is 0.0984 e. The van der Waals surface area contributed by atoms with Gasteiger partial charge in [-0.3, -0.25) is 9.89 Å². The van der Waals surface area contributed by atoms with E-state index in [-0.39, 0.29) is 6.17 Å². The third-order valence-electron chi connectivity index (χ3n) is 1.84. The highest BCUT2D eigenvalue weighted by Crippen LogP contribution is 2.02. The van der Waals surface area contributed by atoms with Gasteiger partial charge in [0.1, 0.15) is 0 Å². The van der Waals surface area contributed by atoms with Crippen molar-refractivity contribution in [1.82, 2.24) is 4.90 Å². The number of hydrogen-bond acceptors (Lipinski definition) is 3. The SMILES string of the molecule is C=NC(C)N1CCOCC1. The molecule has 1 aliphatic rings. The van der Waals surface area contributed by atoms with Crippen LogP contribution in [0.4, 0.5) is 0 Å². The zero-order chi connectivity index (χ0) is 7.40. The number of ether oxygens (including phenoxy) is 1. The second-order valence-electron chi connectivity index (χ2n) is 2.46. The molecule has 1 fully saturated rings. The Kier molecular flexibility index (Phi) is 2.83. The third kappa shape index (κ3) is 1.78. The highest BCUT2D eigenvalue weighted by atomic mass is 16.5. The summed E-state index contributed by atoms with van der Waals surface area (Å²) in [6.45, 7) is 9.20. The van der Waals surface area contributed by atoms with E-state index < -0.39 is 0 Å². The first-order chi connectivity index (χ1) is 4.84. The fourth-order valence-corrected chi connectivity index (χ4v) is 1.07. The molecule has 3 heteroatoms. The maximum atomic E-state index is 5.19. The Morgan fingerprint density at radius 3 is 2.60 bits per heavy atom. The maximum absolute atomic E-state index is 5.19. The summed E-state index contributed by atoms with van der Waals surface area (Å²) in [5, 5.41) is 0. The summed E-state index contributed by atoms with van der Waals surface area (Å²) in [6, 6.07) is 0. The van der Waals surface area contributed by atoms with E-state index in [1.807, 2.05) is 0 Å². The van der Waals surface area contributed by atoms with Crippen LogP contribution in [0.5, 0.6) is 0 Å². The number of morpholine rings is 1. The summed E-state index contributed by atoms with van der Waals surface area (Å²) in [5.41, 5.74) is 0. The molecular formula is C7H14N2O. The van der Waals surface area contributed by atoms with Crippen LogP contribution in [-0.2, 0) is 4.74 Å². The summed E-state index contributed by atoms with van der Waals surface area (Å²) in [7, 11) is 0. The second kappa shape index (κ2) is 3.68. The average Bonchev–Trinajstić information content (AvgIpc) is 2.05. The van der Waals surface area contributed by atoms with Crippen molar-refractivity contribution < 1.29 is 4.74 Å². The van der Waals surface area contributed by atoms with E-state index in [0.29, 0.717) is 0 Å². The standard InChI is InChI=1S/C7H14N2O/c1-7(8-2)9-3-5-10-6-4-9/h7H,2-6H2,1H3. The Balaban J connectivity index is 2.30. The molecule has 3 nitrogen and oxygen atoms in total. The molecule has 0 N–H and O–H groups in total. The lowest BCUT2D eigenvalue weighted by Gasteiger charge is -2.29. The van der Waals surface area contributed by atoms with E-state index in [4.69, 9.17) is 4.74 Å². The summed E-state index contributed by atoms with van der Waals surface area (Å²) in [6.07, 6.45) is 0.254. The van der Waals surface area contributed by atoms with Crippen LogP contribution in [0.1, 0.15) is 6.92 Å². The number of rotatable bonds is 2. The first-order valence-electron chi connectivity index (χ1n) is 3.62. The first-order valence-corrected chi connectivity index (χ1v) is 3.62. The number of hydrogen-bond donors (Lipinski definition) is 0. The quantitative estimate of drug-likeness (QED) is 0.520. The normalized spacial score (nSPS) is 24.1. The molecule has 1 rings (SSSR count). The van der Waals surface area contributed by atoms with Crippen LogP contribution in [0.15, 0.2) is 4.99 Å². The zero-order valence-corrected chi connectivity index (χ0v) is 6.42. The lowest BCUT2D eigenvalue weighted by Crippen LogP contribution is -2.41. The van der Waals surface area contributed by atoms with Crippen molar-refractivity contribution in [1.29, 1.82) is 0 Å². The van der Waals surface area contributed by atoms with E-state index in [1.54, 1.807) is 0 Å². The molecular weight excluding hydrogens is 128 g/mol. The Hall–Kier alpha value is -0.410. The van der Waals surface area contributed by atoms with Gasteiger partial charge in [-0.15, -0.1) is 0 Å². The van der Waals surface area contributed by atoms with E-state index >= 15 is 0 Å². The molecule has 0 bridgehead atoms. The summed E-state index contributed by atoms with van der Waals surface area (Å²) in [5.74, 6) is 0. The fraction of sp³-hybridized carbons (Fsp3) is 0.857. The third-order valence-corrected chi connectivity index (χ3v) is 1.84. The van der Waals surface area contributed by atoms with Crippen LogP contribution in [-0.4, -0.2) is 44.1 Å². The summed E-state index contributed by atoms with van der Waals surface area (Å²) in [4.78, 5) is 6.19. The van der Waals surface area contributed by atoms with Gasteiger partial charge in [0.05, 0.1) is 19.4 Å². The van der Waals surface area contributed by atoms with Crippen molar-refractivity contribution in [2.45, 2.75) is 13.1 Å². The Bertz CT molecular complexity index is 110. The molecule has 10 heavy (non-hydrogen) atoms. The van der Waals surface area contributed by atoms with Crippen LogP contribution in [0.25, 0.3) is 0 Å². The molecule has 0 aromatic heterocycles. The molecule has 1 unspecified atom stereocenters. The maximum Gasteiger partial charge on any atom is 0.0984 e.